The lowest BCUT2D eigenvalue weighted by molar-refractivity contribution is 0.456. The van der Waals surface area contributed by atoms with Crippen molar-refractivity contribution in [1.29, 1.82) is 0 Å². The zero-order valence-electron chi connectivity index (χ0n) is 16.4. The molecule has 2 aliphatic rings. The first-order valence-electron chi connectivity index (χ1n) is 10.2. The van der Waals surface area contributed by atoms with Gasteiger partial charge in [-0.15, -0.1) is 0 Å². The summed E-state index contributed by atoms with van der Waals surface area (Å²) in [7, 11) is 0. The number of hydrogen-bond acceptors (Lipinski definition) is 3. The summed E-state index contributed by atoms with van der Waals surface area (Å²) in [4.78, 5) is 8.98. The second kappa shape index (κ2) is 7.43. The molecule has 3 aromatic rings. The van der Waals surface area contributed by atoms with Crippen molar-refractivity contribution in [3.63, 3.8) is 0 Å². The minimum Gasteiger partial charge on any atom is -0.440 e. The Morgan fingerprint density at radius 3 is 2.93 bits per heavy atom. The van der Waals surface area contributed by atoms with Crippen molar-refractivity contribution in [2.45, 2.75) is 38.5 Å². The van der Waals surface area contributed by atoms with E-state index in [1.54, 1.807) is 18.3 Å². The molecule has 0 radical (unpaired) electrons. The van der Waals surface area contributed by atoms with E-state index in [0.29, 0.717) is 11.8 Å². The number of nitrogens with zero attached hydrogens (tertiary/aromatic N) is 2. The molecule has 0 bridgehead atoms. The molecule has 0 spiro atoms. The molecule has 0 aliphatic heterocycles. The molecule has 0 fully saturated rings. The first-order chi connectivity index (χ1) is 14.2. The Bertz CT molecular complexity index is 1100. The average molecular weight is 386 g/mol. The largest absolute Gasteiger partial charge is 0.440 e. The average Bonchev–Trinajstić information content (AvgIpc) is 3.17. The highest BCUT2D eigenvalue weighted by Crippen LogP contribution is 2.36. The van der Waals surface area contributed by atoms with E-state index in [1.165, 1.54) is 0 Å². The van der Waals surface area contributed by atoms with Gasteiger partial charge in [-0.05, 0) is 72.1 Å². The lowest BCUT2D eigenvalue weighted by Gasteiger charge is -2.22. The van der Waals surface area contributed by atoms with Crippen molar-refractivity contribution >= 4 is 5.57 Å². The van der Waals surface area contributed by atoms with Crippen LogP contribution in [-0.2, 0) is 12.8 Å². The monoisotopic (exact) mass is 386 g/mol. The Morgan fingerprint density at radius 1 is 1.17 bits per heavy atom. The van der Waals surface area contributed by atoms with Crippen LogP contribution < -0.4 is 0 Å². The maximum Gasteiger partial charge on any atom is 0.245 e. The van der Waals surface area contributed by atoms with Crippen LogP contribution in [0, 0.1) is 11.7 Å². The van der Waals surface area contributed by atoms with E-state index in [-0.39, 0.29) is 11.7 Å². The summed E-state index contributed by atoms with van der Waals surface area (Å²) in [6.07, 6.45) is 11.8. The van der Waals surface area contributed by atoms with Crippen LogP contribution in [0.25, 0.3) is 17.2 Å². The molecule has 3 nitrogen and oxygen atoms in total. The fourth-order valence-electron chi connectivity index (χ4n) is 4.31. The number of aryl methyl sites for hydroxylation is 1. The number of hydrogen-bond donors (Lipinski definition) is 0. The first kappa shape index (κ1) is 18.0. The molecule has 0 N–H and O–H groups in total. The summed E-state index contributed by atoms with van der Waals surface area (Å²) >= 11 is 0. The Hall–Kier alpha value is -3.01. The van der Waals surface area contributed by atoms with Gasteiger partial charge in [0.1, 0.15) is 17.3 Å². The van der Waals surface area contributed by atoms with Crippen LogP contribution in [0.2, 0.25) is 0 Å². The Kier molecular flexibility index (Phi) is 4.62. The van der Waals surface area contributed by atoms with Crippen molar-refractivity contribution in [2.75, 3.05) is 0 Å². The van der Waals surface area contributed by atoms with E-state index in [9.17, 15) is 4.39 Å². The minimum absolute atomic E-state index is 0.178. The van der Waals surface area contributed by atoms with Gasteiger partial charge in [0.25, 0.3) is 0 Å². The quantitative estimate of drug-likeness (QED) is 0.544. The van der Waals surface area contributed by atoms with Gasteiger partial charge in [-0.25, -0.2) is 9.37 Å². The minimum atomic E-state index is -0.178. The van der Waals surface area contributed by atoms with Gasteiger partial charge in [-0.2, -0.15) is 0 Å². The third-order valence-electron chi connectivity index (χ3n) is 5.82. The van der Waals surface area contributed by atoms with Gasteiger partial charge in [0.15, 0.2) is 0 Å². The fraction of sp³-hybridized carbons (Fsp3) is 0.280. The number of rotatable bonds is 3. The maximum atomic E-state index is 14.5. The summed E-state index contributed by atoms with van der Waals surface area (Å²) in [6.45, 7) is 2.19. The van der Waals surface area contributed by atoms with Gasteiger partial charge < -0.3 is 4.42 Å². The SMILES string of the molecule is CC1C=C(c2cc(F)cc(C3CCc4nc(-c5ccccn5)oc4C3)c2)C=CC1. The first-order valence-corrected chi connectivity index (χ1v) is 10.2. The van der Waals surface area contributed by atoms with Crippen LogP contribution in [0.4, 0.5) is 4.39 Å². The summed E-state index contributed by atoms with van der Waals surface area (Å²) in [5.41, 5.74) is 4.86. The predicted octanol–water partition coefficient (Wildman–Crippen LogP) is 6.13. The van der Waals surface area contributed by atoms with E-state index < -0.39 is 0 Å². The molecule has 2 aromatic heterocycles. The van der Waals surface area contributed by atoms with E-state index in [2.05, 4.69) is 41.2 Å². The lowest BCUT2D eigenvalue weighted by Crippen LogP contribution is -2.12. The van der Waals surface area contributed by atoms with Crippen molar-refractivity contribution in [1.82, 2.24) is 9.97 Å². The van der Waals surface area contributed by atoms with Crippen molar-refractivity contribution < 1.29 is 8.81 Å². The molecule has 0 amide bonds. The molecule has 4 heteroatoms. The molecule has 2 heterocycles. The molecule has 29 heavy (non-hydrogen) atoms. The topological polar surface area (TPSA) is 38.9 Å². The zero-order chi connectivity index (χ0) is 19.8. The van der Waals surface area contributed by atoms with Gasteiger partial charge in [-0.3, -0.25) is 4.98 Å². The van der Waals surface area contributed by atoms with E-state index >= 15 is 0 Å². The molecule has 146 valence electrons. The summed E-state index contributed by atoms with van der Waals surface area (Å²) in [5.74, 6) is 2.01. The van der Waals surface area contributed by atoms with Gasteiger partial charge >= 0.3 is 0 Å². The van der Waals surface area contributed by atoms with E-state index in [4.69, 9.17) is 4.42 Å². The molecule has 0 saturated heterocycles. The molecule has 0 saturated carbocycles. The summed E-state index contributed by atoms with van der Waals surface area (Å²) in [6, 6.07) is 11.2. The number of aromatic nitrogens is 2. The van der Waals surface area contributed by atoms with Crippen LogP contribution >= 0.6 is 0 Å². The van der Waals surface area contributed by atoms with Crippen LogP contribution in [-0.4, -0.2) is 9.97 Å². The lowest BCUT2D eigenvalue weighted by atomic mass is 9.83. The van der Waals surface area contributed by atoms with Gasteiger partial charge in [0.2, 0.25) is 5.89 Å². The van der Waals surface area contributed by atoms with Crippen LogP contribution in [0.5, 0.6) is 0 Å². The Morgan fingerprint density at radius 2 is 2.10 bits per heavy atom. The fourth-order valence-corrected chi connectivity index (χ4v) is 4.31. The number of allylic oxidation sites excluding steroid dienone is 4. The molecule has 2 aliphatic carbocycles. The van der Waals surface area contributed by atoms with E-state index in [0.717, 1.165) is 59.5 Å². The van der Waals surface area contributed by atoms with Gasteiger partial charge in [-0.1, -0.05) is 37.3 Å². The number of fused-ring (bicyclic) bond motifs is 1. The molecule has 2 unspecified atom stereocenters. The highest BCUT2D eigenvalue weighted by Gasteiger charge is 2.26. The third-order valence-corrected chi connectivity index (χ3v) is 5.82. The van der Waals surface area contributed by atoms with Crippen LogP contribution in [0.15, 0.2) is 65.2 Å². The summed E-state index contributed by atoms with van der Waals surface area (Å²) in [5, 5.41) is 0. The second-order valence-electron chi connectivity index (χ2n) is 8.05. The second-order valence-corrected chi connectivity index (χ2v) is 8.05. The molecular weight excluding hydrogens is 363 g/mol. The summed E-state index contributed by atoms with van der Waals surface area (Å²) < 4.78 is 20.5. The molecule has 5 rings (SSSR count). The normalized spacial score (nSPS) is 21.0. The molecule has 2 atom stereocenters. The number of halogens is 1. The van der Waals surface area contributed by atoms with Crippen molar-refractivity contribution in [2.24, 2.45) is 5.92 Å². The highest BCUT2D eigenvalue weighted by molar-refractivity contribution is 5.75. The van der Waals surface area contributed by atoms with Crippen molar-refractivity contribution in [3.05, 3.63) is 89.2 Å². The van der Waals surface area contributed by atoms with Crippen LogP contribution in [0.3, 0.4) is 0 Å². The van der Waals surface area contributed by atoms with Crippen LogP contribution in [0.1, 0.15) is 48.3 Å². The Balaban J connectivity index is 1.43. The van der Waals surface area contributed by atoms with Crippen molar-refractivity contribution in [3.8, 4) is 11.6 Å². The smallest absolute Gasteiger partial charge is 0.245 e. The molecular formula is C25H23FN2O. The standard InChI is InChI=1S/C25H23FN2O/c1-16-5-4-6-17(11-16)19-12-20(14-21(26)13-19)18-8-9-22-24(15-18)29-25(28-22)23-7-2-3-10-27-23/h2-4,6-7,10-14,16,18H,5,8-9,15H2,1H3. The number of benzene rings is 1. The zero-order valence-corrected chi connectivity index (χ0v) is 16.4. The van der Waals surface area contributed by atoms with Gasteiger partial charge in [0, 0.05) is 12.6 Å². The van der Waals surface area contributed by atoms with Gasteiger partial charge in [0.05, 0.1) is 5.69 Å². The number of oxazole rings is 1. The maximum absolute atomic E-state index is 14.5. The predicted molar refractivity (Wildman–Crippen MR) is 112 cm³/mol. The highest BCUT2D eigenvalue weighted by atomic mass is 19.1. The third kappa shape index (κ3) is 3.67. The number of pyridine rings is 1. The Labute approximate surface area is 170 Å². The van der Waals surface area contributed by atoms with E-state index in [1.807, 2.05) is 18.2 Å². The molecule has 1 aromatic carbocycles.